The molecule has 0 amide bonds. The number of benzene rings is 2. The van der Waals surface area contributed by atoms with Crippen LogP contribution >= 0.6 is 23.8 Å². The smallest absolute Gasteiger partial charge is 0.416 e. The molecule has 0 radical (unpaired) electrons. The minimum atomic E-state index is -4.50. The molecule has 0 unspecified atom stereocenters. The molecule has 0 spiro atoms. The molecule has 10 heteroatoms. The minimum absolute atomic E-state index is 0.0139. The highest BCUT2D eigenvalue weighted by atomic mass is 35.5. The molecule has 26 heavy (non-hydrogen) atoms. The van der Waals surface area contributed by atoms with Gasteiger partial charge in [-0.25, -0.2) is 4.79 Å². The van der Waals surface area contributed by atoms with Gasteiger partial charge in [-0.1, -0.05) is 23.7 Å². The SMILES string of the molecule is O=C(O)c1ccc(/C=N\NC(=S)Nc2cc(C(F)(F)F)ccc2Cl)cc1. The number of hydrogen-bond acceptors (Lipinski definition) is 3. The Balaban J connectivity index is 1.99. The van der Waals surface area contributed by atoms with Crippen molar-refractivity contribution in [3.63, 3.8) is 0 Å². The number of halogens is 4. The molecule has 2 aromatic rings. The van der Waals surface area contributed by atoms with Crippen LogP contribution in [0.25, 0.3) is 0 Å². The van der Waals surface area contributed by atoms with E-state index in [0.717, 1.165) is 18.2 Å². The summed E-state index contributed by atoms with van der Waals surface area (Å²) in [7, 11) is 0. The zero-order valence-electron chi connectivity index (χ0n) is 12.8. The lowest BCUT2D eigenvalue weighted by molar-refractivity contribution is -0.137. The Kier molecular flexibility index (Phi) is 6.17. The Bertz CT molecular complexity index is 855. The molecular formula is C16H11ClF3N3O2S. The first kappa shape index (κ1) is 19.7. The van der Waals surface area contributed by atoms with Crippen LogP contribution in [0.3, 0.4) is 0 Å². The topological polar surface area (TPSA) is 73.7 Å². The summed E-state index contributed by atoms with van der Waals surface area (Å²) in [5.74, 6) is -1.05. The molecule has 0 aliphatic rings. The first-order chi connectivity index (χ1) is 12.2. The zero-order chi connectivity index (χ0) is 19.3. The quantitative estimate of drug-likeness (QED) is 0.403. The third-order valence-corrected chi connectivity index (χ3v) is 3.60. The second-order valence-electron chi connectivity index (χ2n) is 4.94. The lowest BCUT2D eigenvalue weighted by Crippen LogP contribution is -2.24. The maximum Gasteiger partial charge on any atom is 0.416 e. The van der Waals surface area contributed by atoms with Crippen LogP contribution in [-0.4, -0.2) is 22.4 Å². The Labute approximate surface area is 156 Å². The van der Waals surface area contributed by atoms with Crippen molar-refractivity contribution in [1.29, 1.82) is 0 Å². The fourth-order valence-corrected chi connectivity index (χ4v) is 2.15. The Morgan fingerprint density at radius 1 is 1.19 bits per heavy atom. The molecule has 136 valence electrons. The summed E-state index contributed by atoms with van der Waals surface area (Å²) in [6.07, 6.45) is -3.14. The summed E-state index contributed by atoms with van der Waals surface area (Å²) in [5.41, 5.74) is 2.29. The Morgan fingerprint density at radius 3 is 2.42 bits per heavy atom. The van der Waals surface area contributed by atoms with Gasteiger partial charge in [-0.2, -0.15) is 18.3 Å². The van der Waals surface area contributed by atoms with Gasteiger partial charge < -0.3 is 10.4 Å². The van der Waals surface area contributed by atoms with Gasteiger partial charge in [0.2, 0.25) is 0 Å². The number of carboxylic acids is 1. The van der Waals surface area contributed by atoms with Crippen LogP contribution in [0.15, 0.2) is 47.6 Å². The number of rotatable bonds is 4. The van der Waals surface area contributed by atoms with Crippen molar-refractivity contribution in [2.45, 2.75) is 6.18 Å². The van der Waals surface area contributed by atoms with Gasteiger partial charge in [-0.05, 0) is 48.1 Å². The van der Waals surface area contributed by atoms with Crippen molar-refractivity contribution >= 4 is 46.8 Å². The number of anilines is 1. The highest BCUT2D eigenvalue weighted by Gasteiger charge is 2.31. The lowest BCUT2D eigenvalue weighted by atomic mass is 10.1. The Hall–Kier alpha value is -2.65. The summed E-state index contributed by atoms with van der Waals surface area (Å²) in [5, 5.41) is 15.2. The number of nitrogens with zero attached hydrogens (tertiary/aromatic N) is 1. The van der Waals surface area contributed by atoms with Crippen LogP contribution in [0.4, 0.5) is 18.9 Å². The molecule has 0 aliphatic heterocycles. The van der Waals surface area contributed by atoms with Gasteiger partial charge in [0.25, 0.3) is 0 Å². The molecule has 5 nitrogen and oxygen atoms in total. The average Bonchev–Trinajstić information content (AvgIpc) is 2.56. The lowest BCUT2D eigenvalue weighted by Gasteiger charge is -2.12. The summed E-state index contributed by atoms with van der Waals surface area (Å²) in [4.78, 5) is 10.8. The molecule has 0 bridgehead atoms. The molecule has 0 atom stereocenters. The summed E-state index contributed by atoms with van der Waals surface area (Å²) >= 11 is 10.8. The van der Waals surface area contributed by atoms with E-state index in [4.69, 9.17) is 28.9 Å². The van der Waals surface area contributed by atoms with Crippen molar-refractivity contribution < 1.29 is 23.1 Å². The van der Waals surface area contributed by atoms with Gasteiger partial charge in [0.1, 0.15) is 0 Å². The normalized spacial score (nSPS) is 11.4. The number of alkyl halides is 3. The monoisotopic (exact) mass is 401 g/mol. The van der Waals surface area contributed by atoms with E-state index in [1.807, 2.05) is 0 Å². The molecule has 2 rings (SSSR count). The predicted octanol–water partition coefficient (Wildman–Crippen LogP) is 4.38. The molecule has 0 aliphatic carbocycles. The van der Waals surface area contributed by atoms with Crippen molar-refractivity contribution in [1.82, 2.24) is 5.43 Å². The van der Waals surface area contributed by atoms with Gasteiger partial charge in [-0.3, -0.25) is 5.43 Å². The fraction of sp³-hybridized carbons (Fsp3) is 0.0625. The van der Waals surface area contributed by atoms with Gasteiger partial charge in [0.05, 0.1) is 28.1 Å². The maximum absolute atomic E-state index is 12.7. The number of carbonyl (C=O) groups is 1. The maximum atomic E-state index is 12.7. The van der Waals surface area contributed by atoms with Crippen LogP contribution in [-0.2, 0) is 6.18 Å². The number of carboxylic acid groups (broad SMARTS) is 1. The summed E-state index contributed by atoms with van der Waals surface area (Å²) < 4.78 is 38.2. The van der Waals surface area contributed by atoms with Crippen LogP contribution in [0.2, 0.25) is 5.02 Å². The van der Waals surface area contributed by atoms with E-state index in [1.165, 1.54) is 30.5 Å². The fourth-order valence-electron chi connectivity index (χ4n) is 1.82. The molecule has 0 aromatic heterocycles. The van der Waals surface area contributed by atoms with E-state index < -0.39 is 17.7 Å². The van der Waals surface area contributed by atoms with Gasteiger partial charge in [-0.15, -0.1) is 0 Å². The number of hydrogen-bond donors (Lipinski definition) is 3. The van der Waals surface area contributed by atoms with Crippen molar-refractivity contribution in [2.75, 3.05) is 5.32 Å². The van der Waals surface area contributed by atoms with Crippen LogP contribution in [0, 0.1) is 0 Å². The average molecular weight is 402 g/mol. The van der Waals surface area contributed by atoms with E-state index in [9.17, 15) is 18.0 Å². The summed E-state index contributed by atoms with van der Waals surface area (Å²) in [6.45, 7) is 0. The van der Waals surface area contributed by atoms with Crippen molar-refractivity contribution in [3.05, 3.63) is 64.2 Å². The van der Waals surface area contributed by atoms with Crippen molar-refractivity contribution in [2.24, 2.45) is 5.10 Å². The van der Waals surface area contributed by atoms with Gasteiger partial charge in [0.15, 0.2) is 5.11 Å². The number of nitrogens with one attached hydrogen (secondary N) is 2. The van der Waals surface area contributed by atoms with Crippen LogP contribution in [0.5, 0.6) is 0 Å². The highest BCUT2D eigenvalue weighted by Crippen LogP contribution is 2.33. The second kappa shape index (κ2) is 8.15. The zero-order valence-corrected chi connectivity index (χ0v) is 14.4. The third-order valence-electron chi connectivity index (χ3n) is 3.08. The van der Waals surface area contributed by atoms with Gasteiger partial charge >= 0.3 is 12.1 Å². The predicted molar refractivity (Wildman–Crippen MR) is 96.8 cm³/mol. The standard InChI is InChI=1S/C16H11ClF3N3O2S/c17-12-6-5-11(16(18,19)20)7-13(12)22-15(26)23-21-8-9-1-3-10(4-2-9)14(24)25/h1-8H,(H,24,25)(H2,22,23,26)/b21-8-. The van der Waals surface area contributed by atoms with E-state index >= 15 is 0 Å². The largest absolute Gasteiger partial charge is 0.478 e. The first-order valence-electron chi connectivity index (χ1n) is 6.97. The highest BCUT2D eigenvalue weighted by molar-refractivity contribution is 7.80. The number of thiocarbonyl (C=S) groups is 1. The molecule has 0 saturated carbocycles. The molecule has 0 fully saturated rings. The Morgan fingerprint density at radius 2 is 1.85 bits per heavy atom. The van der Waals surface area contributed by atoms with E-state index in [-0.39, 0.29) is 21.4 Å². The first-order valence-corrected chi connectivity index (χ1v) is 7.75. The van der Waals surface area contributed by atoms with Crippen LogP contribution in [0.1, 0.15) is 21.5 Å². The molecule has 2 aromatic carbocycles. The second-order valence-corrected chi connectivity index (χ2v) is 5.76. The molecule has 0 heterocycles. The van der Waals surface area contributed by atoms with Gasteiger partial charge in [0, 0.05) is 0 Å². The molecule has 0 saturated heterocycles. The minimum Gasteiger partial charge on any atom is -0.478 e. The third kappa shape index (κ3) is 5.43. The van der Waals surface area contributed by atoms with E-state index in [0.29, 0.717) is 5.56 Å². The van der Waals surface area contributed by atoms with Crippen molar-refractivity contribution in [3.8, 4) is 0 Å². The number of hydrazone groups is 1. The van der Waals surface area contributed by atoms with E-state index in [1.54, 1.807) is 0 Å². The number of aromatic carboxylic acids is 1. The molecular weight excluding hydrogens is 391 g/mol. The van der Waals surface area contributed by atoms with E-state index in [2.05, 4.69) is 15.8 Å². The molecule has 3 N–H and O–H groups in total. The van der Waals surface area contributed by atoms with Crippen LogP contribution < -0.4 is 10.7 Å². The summed E-state index contributed by atoms with van der Waals surface area (Å²) in [6, 6.07) is 8.70.